The minimum Gasteiger partial charge on any atom is -0.517 e. The Morgan fingerprint density at radius 2 is 1.75 bits per heavy atom. The molecular weight excluding hydrogens is 224 g/mol. The smallest absolute Gasteiger partial charge is 0.330 e. The van der Waals surface area contributed by atoms with Crippen molar-refractivity contribution in [2.24, 2.45) is 0 Å². The Morgan fingerprint density at radius 1 is 1.19 bits per heavy atom. The highest BCUT2D eigenvalue weighted by Gasteiger charge is 2.25. The molecule has 0 heterocycles. The molecule has 0 radical (unpaired) electrons. The van der Waals surface area contributed by atoms with Crippen LogP contribution in [0.5, 0.6) is 0 Å². The lowest BCUT2D eigenvalue weighted by Gasteiger charge is -2.21. The summed E-state index contributed by atoms with van der Waals surface area (Å²) < 4.78 is 9.71. The second-order valence-corrected chi connectivity index (χ2v) is 8.36. The highest BCUT2D eigenvalue weighted by atomic mass is 28.4. The summed E-state index contributed by atoms with van der Waals surface area (Å²) in [7, 11) is -0.661. The van der Waals surface area contributed by atoms with E-state index in [2.05, 4.69) is 11.7 Å². The lowest BCUT2D eigenvalue weighted by Crippen LogP contribution is -2.32. The van der Waals surface area contributed by atoms with E-state index < -0.39 is 20.3 Å². The van der Waals surface area contributed by atoms with Gasteiger partial charge in [-0.15, -0.1) is 0 Å². The third kappa shape index (κ3) is 7.22. The summed E-state index contributed by atoms with van der Waals surface area (Å²) in [6.45, 7) is 6.09. The molecule has 0 saturated carbocycles. The summed E-state index contributed by atoms with van der Waals surface area (Å²) in [5.41, 5.74) is 0. The van der Waals surface area contributed by atoms with Crippen LogP contribution in [0.1, 0.15) is 19.8 Å². The first-order chi connectivity index (χ1) is 7.41. The van der Waals surface area contributed by atoms with Gasteiger partial charge in [-0.3, -0.25) is 0 Å². The average molecular weight is 244 g/mol. The fraction of sp³-hybridized carbons (Fsp3) is 0.636. The fourth-order valence-corrected chi connectivity index (χ4v) is 3.08. The molecule has 0 aliphatic heterocycles. The molecule has 0 fully saturated rings. The van der Waals surface area contributed by atoms with Crippen molar-refractivity contribution < 1.29 is 18.8 Å². The number of methoxy groups -OCH3 is 1. The number of hydrogen-bond donors (Lipinski definition) is 0. The zero-order valence-electron chi connectivity index (χ0n) is 10.4. The molecule has 0 atom stereocenters. The van der Waals surface area contributed by atoms with Gasteiger partial charge in [0, 0.05) is 12.2 Å². The van der Waals surface area contributed by atoms with Crippen LogP contribution in [0.25, 0.3) is 0 Å². The van der Waals surface area contributed by atoms with Gasteiger partial charge < -0.3 is 9.16 Å². The van der Waals surface area contributed by atoms with Gasteiger partial charge >= 0.3 is 11.9 Å². The monoisotopic (exact) mass is 244 g/mol. The third-order valence-electron chi connectivity index (χ3n) is 2.07. The van der Waals surface area contributed by atoms with Crippen LogP contribution < -0.4 is 0 Å². The van der Waals surface area contributed by atoms with Crippen LogP contribution in [0.4, 0.5) is 0 Å². The Bertz CT molecular complexity index is 271. The van der Waals surface area contributed by atoms with Crippen LogP contribution in [0, 0.1) is 0 Å². The highest BCUT2D eigenvalue weighted by molar-refractivity contribution is 6.72. The maximum absolute atomic E-state index is 11.4. The summed E-state index contributed by atoms with van der Waals surface area (Å²) in [5.74, 6) is -1.01. The minimum absolute atomic E-state index is 0.460. The van der Waals surface area contributed by atoms with Crippen molar-refractivity contribution >= 4 is 20.3 Å². The molecule has 4 nitrogen and oxygen atoms in total. The average Bonchev–Trinajstić information content (AvgIpc) is 2.22. The van der Waals surface area contributed by atoms with Crippen molar-refractivity contribution in [1.82, 2.24) is 0 Å². The van der Waals surface area contributed by atoms with Crippen molar-refractivity contribution in [3.63, 3.8) is 0 Å². The van der Waals surface area contributed by atoms with E-state index in [1.807, 2.05) is 13.1 Å². The van der Waals surface area contributed by atoms with Crippen LogP contribution in [0.15, 0.2) is 12.2 Å². The molecule has 0 N–H and O–H groups in total. The second kappa shape index (κ2) is 7.22. The maximum Gasteiger partial charge on any atom is 0.330 e. The summed E-state index contributed by atoms with van der Waals surface area (Å²) in [6, 6.07) is 0.946. The lowest BCUT2D eigenvalue weighted by molar-refractivity contribution is -0.136. The van der Waals surface area contributed by atoms with Gasteiger partial charge in [-0.25, -0.2) is 9.59 Å². The molecule has 16 heavy (non-hydrogen) atoms. The molecule has 0 aromatic heterocycles. The Morgan fingerprint density at radius 3 is 2.25 bits per heavy atom. The van der Waals surface area contributed by atoms with Crippen molar-refractivity contribution in [3.8, 4) is 0 Å². The zero-order chi connectivity index (χ0) is 12.6. The predicted molar refractivity (Wildman–Crippen MR) is 64.4 cm³/mol. The molecule has 0 bridgehead atoms. The molecule has 5 heteroatoms. The van der Waals surface area contributed by atoms with E-state index >= 15 is 0 Å². The standard InChI is InChI=1S/C11H20O4Si/c1-5-6-9-16(3,4)15-11(13)8-7-10(12)14-2/h7-8H,5-6,9H2,1-4H3/b8-7+. The maximum atomic E-state index is 11.4. The van der Waals surface area contributed by atoms with E-state index in [0.717, 1.165) is 31.0 Å². The van der Waals surface area contributed by atoms with E-state index in [9.17, 15) is 9.59 Å². The van der Waals surface area contributed by atoms with E-state index in [1.54, 1.807) is 0 Å². The van der Waals surface area contributed by atoms with Crippen LogP contribution in [0.3, 0.4) is 0 Å². The molecular formula is C11H20O4Si. The molecule has 0 amide bonds. The van der Waals surface area contributed by atoms with Gasteiger partial charge in [0.15, 0.2) is 0 Å². The molecule has 0 spiro atoms. The number of rotatable bonds is 6. The van der Waals surface area contributed by atoms with Gasteiger partial charge in [0.2, 0.25) is 8.32 Å². The molecule has 0 aromatic rings. The largest absolute Gasteiger partial charge is 0.517 e. The van der Waals surface area contributed by atoms with Crippen molar-refractivity contribution in [2.45, 2.75) is 38.9 Å². The quantitative estimate of drug-likeness (QED) is 0.408. The van der Waals surface area contributed by atoms with Crippen LogP contribution >= 0.6 is 0 Å². The second-order valence-electron chi connectivity index (χ2n) is 4.14. The molecule has 0 rings (SSSR count). The molecule has 0 aliphatic rings. The molecule has 0 unspecified atom stereocenters. The van der Waals surface area contributed by atoms with E-state index in [0.29, 0.717) is 0 Å². The number of carbonyl (C=O) groups is 2. The SMILES string of the molecule is CCCC[Si](C)(C)OC(=O)/C=C/C(=O)OC. The van der Waals surface area contributed by atoms with Crippen molar-refractivity contribution in [3.05, 3.63) is 12.2 Å². The number of carbonyl (C=O) groups excluding carboxylic acids is 2. The normalized spacial score (nSPS) is 11.5. The van der Waals surface area contributed by atoms with Crippen LogP contribution in [-0.4, -0.2) is 27.4 Å². The number of unbranched alkanes of at least 4 members (excludes halogenated alkanes) is 1. The molecule has 0 aromatic carbocycles. The van der Waals surface area contributed by atoms with Gasteiger partial charge in [-0.1, -0.05) is 19.8 Å². The number of esters is 1. The number of ether oxygens (including phenoxy) is 1. The first kappa shape index (κ1) is 14.9. The molecule has 0 saturated heterocycles. The fourth-order valence-electron chi connectivity index (χ4n) is 1.16. The van der Waals surface area contributed by atoms with Gasteiger partial charge in [0.05, 0.1) is 7.11 Å². The summed E-state index contributed by atoms with van der Waals surface area (Å²) in [4.78, 5) is 22.1. The summed E-state index contributed by atoms with van der Waals surface area (Å²) in [6.07, 6.45) is 4.35. The minimum atomic E-state index is -1.92. The Balaban J connectivity index is 4.12. The summed E-state index contributed by atoms with van der Waals surface area (Å²) >= 11 is 0. The first-order valence-corrected chi connectivity index (χ1v) is 8.52. The van der Waals surface area contributed by atoms with Crippen molar-refractivity contribution in [1.29, 1.82) is 0 Å². The first-order valence-electron chi connectivity index (χ1n) is 5.40. The van der Waals surface area contributed by atoms with Crippen LogP contribution in [0.2, 0.25) is 19.1 Å². The molecule has 0 aliphatic carbocycles. The highest BCUT2D eigenvalue weighted by Crippen LogP contribution is 2.15. The van der Waals surface area contributed by atoms with Gasteiger partial charge in [0.1, 0.15) is 0 Å². The number of hydrogen-bond acceptors (Lipinski definition) is 4. The Hall–Kier alpha value is -1.10. The zero-order valence-corrected chi connectivity index (χ0v) is 11.4. The molecule has 92 valence electrons. The lowest BCUT2D eigenvalue weighted by atomic mass is 10.4. The van der Waals surface area contributed by atoms with E-state index in [4.69, 9.17) is 4.43 Å². The summed E-state index contributed by atoms with van der Waals surface area (Å²) in [5, 5.41) is 0. The van der Waals surface area contributed by atoms with Crippen LogP contribution in [-0.2, 0) is 18.8 Å². The Kier molecular flexibility index (Phi) is 6.72. The predicted octanol–water partition coefficient (Wildman–Crippen LogP) is 2.26. The van der Waals surface area contributed by atoms with Crippen molar-refractivity contribution in [2.75, 3.05) is 7.11 Å². The third-order valence-corrected chi connectivity index (χ3v) is 4.38. The topological polar surface area (TPSA) is 52.6 Å². The van der Waals surface area contributed by atoms with E-state index in [-0.39, 0.29) is 0 Å². The van der Waals surface area contributed by atoms with Gasteiger partial charge in [-0.2, -0.15) is 0 Å². The Labute approximate surface area is 97.8 Å². The van der Waals surface area contributed by atoms with E-state index in [1.165, 1.54) is 7.11 Å². The van der Waals surface area contributed by atoms with Gasteiger partial charge in [0.25, 0.3) is 0 Å². The van der Waals surface area contributed by atoms with Gasteiger partial charge in [-0.05, 0) is 19.1 Å².